The molecule has 1 aliphatic heterocycles. The summed E-state index contributed by atoms with van der Waals surface area (Å²) in [6, 6.07) is 11.0. The molecule has 1 aliphatic rings. The highest BCUT2D eigenvalue weighted by Gasteiger charge is 2.36. The first-order chi connectivity index (χ1) is 16.4. The number of hydrogen-bond donors (Lipinski definition) is 1. The lowest BCUT2D eigenvalue weighted by Crippen LogP contribution is -2.54. The Morgan fingerprint density at radius 1 is 1.15 bits per heavy atom. The number of hydrogen-bond acceptors (Lipinski definition) is 7. The molecule has 0 bridgehead atoms. The van der Waals surface area contributed by atoms with E-state index in [1.807, 2.05) is 25.5 Å². The number of rotatable bonds is 6. The molecule has 8 nitrogen and oxygen atoms in total. The SMILES string of the molecule is CC(C)c1ccc(N2C[C@H](CC#N)[C@H]2C)c2cnc(Nc3ccnc(-c4cnn(C)c4)n3)cc12. The lowest BCUT2D eigenvalue weighted by molar-refractivity contribution is 0.318. The van der Waals surface area contributed by atoms with E-state index < -0.39 is 0 Å². The smallest absolute Gasteiger partial charge is 0.164 e. The van der Waals surface area contributed by atoms with Gasteiger partial charge in [0, 0.05) is 61.6 Å². The van der Waals surface area contributed by atoms with Crippen LogP contribution in [0.5, 0.6) is 0 Å². The number of nitrogens with one attached hydrogen (secondary N) is 1. The standard InChI is InChI=1S/C26H28N8/c1-16(2)20-5-6-23(34-15-18(7-9-27)17(34)3)22-13-29-25(11-21(20)22)31-24-8-10-28-26(32-24)19-12-30-33(4)14-19/h5-6,8,10-14,16-18H,7,15H2,1-4H3,(H,28,29,31,32)/t17-,18+/m1/s1. The molecule has 8 heteroatoms. The fraction of sp³-hybridized carbons (Fsp3) is 0.346. The van der Waals surface area contributed by atoms with Crippen LogP contribution in [0.2, 0.25) is 0 Å². The largest absolute Gasteiger partial charge is 0.368 e. The molecular weight excluding hydrogens is 424 g/mol. The van der Waals surface area contributed by atoms with E-state index in [9.17, 15) is 0 Å². The zero-order valence-electron chi connectivity index (χ0n) is 19.9. The fourth-order valence-electron chi connectivity index (χ4n) is 4.66. The Morgan fingerprint density at radius 2 is 2.00 bits per heavy atom. The summed E-state index contributed by atoms with van der Waals surface area (Å²) in [6.45, 7) is 7.53. The van der Waals surface area contributed by atoms with Crippen LogP contribution >= 0.6 is 0 Å². The third kappa shape index (κ3) is 3.94. The molecule has 4 heterocycles. The lowest BCUT2D eigenvalue weighted by atomic mass is 9.85. The van der Waals surface area contributed by atoms with Gasteiger partial charge in [-0.3, -0.25) is 4.68 Å². The van der Waals surface area contributed by atoms with Crippen molar-refractivity contribution >= 4 is 28.1 Å². The first-order valence-corrected chi connectivity index (χ1v) is 11.6. The van der Waals surface area contributed by atoms with Gasteiger partial charge in [-0.2, -0.15) is 10.4 Å². The van der Waals surface area contributed by atoms with Crippen LogP contribution in [0.1, 0.15) is 38.7 Å². The third-order valence-corrected chi connectivity index (χ3v) is 6.68. The van der Waals surface area contributed by atoms with Gasteiger partial charge in [-0.1, -0.05) is 19.9 Å². The highest BCUT2D eigenvalue weighted by molar-refractivity contribution is 5.98. The predicted octanol–water partition coefficient (Wildman–Crippen LogP) is 5.03. The second-order valence-corrected chi connectivity index (χ2v) is 9.25. The van der Waals surface area contributed by atoms with Gasteiger partial charge in [0.05, 0.1) is 17.8 Å². The quantitative estimate of drug-likeness (QED) is 0.438. The fourth-order valence-corrected chi connectivity index (χ4v) is 4.66. The molecule has 0 saturated carbocycles. The molecule has 172 valence electrons. The van der Waals surface area contributed by atoms with Crippen LogP contribution < -0.4 is 10.2 Å². The molecule has 0 radical (unpaired) electrons. The number of nitriles is 1. The van der Waals surface area contributed by atoms with E-state index in [1.165, 1.54) is 16.6 Å². The van der Waals surface area contributed by atoms with Crippen LogP contribution in [0, 0.1) is 17.2 Å². The van der Waals surface area contributed by atoms with Gasteiger partial charge in [-0.25, -0.2) is 15.0 Å². The van der Waals surface area contributed by atoms with Crippen molar-refractivity contribution in [1.29, 1.82) is 5.26 Å². The molecule has 1 fully saturated rings. The Labute approximate surface area is 199 Å². The number of aromatic nitrogens is 5. The van der Waals surface area contributed by atoms with Crippen molar-refractivity contribution in [2.75, 3.05) is 16.8 Å². The van der Waals surface area contributed by atoms with Gasteiger partial charge in [0.2, 0.25) is 0 Å². The zero-order valence-corrected chi connectivity index (χ0v) is 19.9. The Balaban J connectivity index is 1.48. The van der Waals surface area contributed by atoms with Crippen molar-refractivity contribution in [2.24, 2.45) is 13.0 Å². The van der Waals surface area contributed by atoms with Gasteiger partial charge < -0.3 is 10.2 Å². The third-order valence-electron chi connectivity index (χ3n) is 6.68. The minimum Gasteiger partial charge on any atom is -0.368 e. The minimum atomic E-state index is 0.345. The minimum absolute atomic E-state index is 0.345. The van der Waals surface area contributed by atoms with E-state index in [4.69, 9.17) is 10.2 Å². The van der Waals surface area contributed by atoms with Crippen molar-refractivity contribution in [3.05, 3.63) is 54.6 Å². The summed E-state index contributed by atoms with van der Waals surface area (Å²) < 4.78 is 1.73. The van der Waals surface area contributed by atoms with Crippen molar-refractivity contribution in [1.82, 2.24) is 24.7 Å². The van der Waals surface area contributed by atoms with E-state index >= 15 is 0 Å². The summed E-state index contributed by atoms with van der Waals surface area (Å²) in [5, 5.41) is 19.0. The maximum atomic E-state index is 9.08. The molecular formula is C26H28N8. The van der Waals surface area contributed by atoms with E-state index in [0.717, 1.165) is 23.3 Å². The van der Waals surface area contributed by atoms with E-state index in [-0.39, 0.29) is 0 Å². The average molecular weight is 453 g/mol. The molecule has 4 aromatic rings. The van der Waals surface area contributed by atoms with Crippen molar-refractivity contribution in [3.63, 3.8) is 0 Å². The highest BCUT2D eigenvalue weighted by atomic mass is 15.2. The van der Waals surface area contributed by atoms with Crippen LogP contribution in [0.3, 0.4) is 0 Å². The van der Waals surface area contributed by atoms with Crippen LogP contribution in [0.25, 0.3) is 22.2 Å². The summed E-state index contributed by atoms with van der Waals surface area (Å²) in [7, 11) is 1.87. The number of benzene rings is 1. The zero-order chi connectivity index (χ0) is 23.8. The van der Waals surface area contributed by atoms with Gasteiger partial charge >= 0.3 is 0 Å². The Kier molecular flexibility index (Phi) is 5.62. The van der Waals surface area contributed by atoms with Crippen molar-refractivity contribution in [2.45, 2.75) is 39.2 Å². The van der Waals surface area contributed by atoms with Gasteiger partial charge in [0.15, 0.2) is 5.82 Å². The first-order valence-electron chi connectivity index (χ1n) is 11.6. The monoisotopic (exact) mass is 452 g/mol. The molecule has 0 aliphatic carbocycles. The molecule has 1 saturated heterocycles. The second-order valence-electron chi connectivity index (χ2n) is 9.25. The second kappa shape index (κ2) is 8.75. The van der Waals surface area contributed by atoms with Crippen LogP contribution in [-0.4, -0.2) is 37.3 Å². The molecule has 2 atom stereocenters. The summed E-state index contributed by atoms with van der Waals surface area (Å²) in [4.78, 5) is 16.1. The number of fused-ring (bicyclic) bond motifs is 1. The number of aryl methyl sites for hydroxylation is 1. The maximum absolute atomic E-state index is 9.08. The number of pyridine rings is 1. The van der Waals surface area contributed by atoms with Crippen LogP contribution in [0.15, 0.2) is 49.1 Å². The predicted molar refractivity (Wildman–Crippen MR) is 134 cm³/mol. The van der Waals surface area contributed by atoms with E-state index in [2.05, 4.69) is 70.3 Å². The molecule has 3 aromatic heterocycles. The van der Waals surface area contributed by atoms with Gasteiger partial charge in [0.1, 0.15) is 11.6 Å². The van der Waals surface area contributed by atoms with E-state index in [0.29, 0.717) is 35.9 Å². The molecule has 1 aromatic carbocycles. The normalized spacial score (nSPS) is 17.6. The van der Waals surface area contributed by atoms with Crippen molar-refractivity contribution in [3.8, 4) is 17.5 Å². The summed E-state index contributed by atoms with van der Waals surface area (Å²) >= 11 is 0. The summed E-state index contributed by atoms with van der Waals surface area (Å²) in [6.07, 6.45) is 7.93. The molecule has 1 N–H and O–H groups in total. The van der Waals surface area contributed by atoms with E-state index in [1.54, 1.807) is 17.1 Å². The summed E-state index contributed by atoms with van der Waals surface area (Å²) in [5.74, 6) is 2.83. The molecule has 34 heavy (non-hydrogen) atoms. The van der Waals surface area contributed by atoms with Crippen LogP contribution in [0.4, 0.5) is 17.3 Å². The molecule has 5 rings (SSSR count). The van der Waals surface area contributed by atoms with Crippen LogP contribution in [-0.2, 0) is 7.05 Å². The first kappa shape index (κ1) is 21.8. The number of nitrogens with zero attached hydrogens (tertiary/aromatic N) is 7. The number of anilines is 3. The average Bonchev–Trinajstić information content (AvgIpc) is 3.27. The van der Waals surface area contributed by atoms with Gasteiger partial charge in [-0.15, -0.1) is 0 Å². The van der Waals surface area contributed by atoms with Gasteiger partial charge in [-0.05, 0) is 42.0 Å². The van der Waals surface area contributed by atoms with Crippen molar-refractivity contribution < 1.29 is 0 Å². The molecule has 0 spiro atoms. The Bertz CT molecular complexity index is 1380. The Morgan fingerprint density at radius 3 is 2.71 bits per heavy atom. The molecule has 0 amide bonds. The lowest BCUT2D eigenvalue weighted by Gasteiger charge is -2.48. The summed E-state index contributed by atoms with van der Waals surface area (Å²) in [5.41, 5.74) is 3.33. The van der Waals surface area contributed by atoms with Gasteiger partial charge in [0.25, 0.3) is 0 Å². The highest BCUT2D eigenvalue weighted by Crippen LogP contribution is 2.40. The molecule has 0 unspecified atom stereocenters. The maximum Gasteiger partial charge on any atom is 0.164 e. The Hall–Kier alpha value is -3.99. The topological polar surface area (TPSA) is 95.5 Å².